The molecule has 1 saturated carbocycles. The first-order chi connectivity index (χ1) is 18.3. The molecule has 2 aromatic heterocycles. The Kier molecular flexibility index (Phi) is 6.60. The molecular formula is C28H30ClF2N5O2. The van der Waals surface area contributed by atoms with Gasteiger partial charge in [0.2, 0.25) is 0 Å². The van der Waals surface area contributed by atoms with Crippen molar-refractivity contribution in [1.82, 2.24) is 24.3 Å². The van der Waals surface area contributed by atoms with Crippen molar-refractivity contribution < 1.29 is 18.4 Å². The number of alkyl halides is 2. The van der Waals surface area contributed by atoms with Crippen molar-refractivity contribution in [2.75, 3.05) is 39.3 Å². The van der Waals surface area contributed by atoms with Crippen molar-refractivity contribution in [1.29, 1.82) is 0 Å². The lowest BCUT2D eigenvalue weighted by Crippen LogP contribution is -2.53. The molecule has 2 amide bonds. The van der Waals surface area contributed by atoms with Gasteiger partial charge >= 0.3 is 0 Å². The average molecular weight is 542 g/mol. The van der Waals surface area contributed by atoms with Crippen molar-refractivity contribution in [3.8, 4) is 5.69 Å². The van der Waals surface area contributed by atoms with E-state index in [1.165, 1.54) is 24.2 Å². The number of pyridine rings is 1. The molecule has 0 bridgehead atoms. The molecule has 0 spiro atoms. The number of aromatic nitrogens is 2. The molecule has 0 N–H and O–H groups in total. The van der Waals surface area contributed by atoms with Crippen molar-refractivity contribution in [2.24, 2.45) is 0 Å². The average Bonchev–Trinajstić information content (AvgIpc) is 3.26. The van der Waals surface area contributed by atoms with Crippen LogP contribution in [0.1, 0.15) is 53.0 Å². The molecule has 10 heteroatoms. The largest absolute Gasteiger partial charge is 0.337 e. The van der Waals surface area contributed by atoms with Gasteiger partial charge in [0.15, 0.2) is 0 Å². The number of amides is 2. The zero-order chi connectivity index (χ0) is 26.4. The van der Waals surface area contributed by atoms with Crippen LogP contribution in [0.25, 0.3) is 16.6 Å². The predicted octanol–water partition coefficient (Wildman–Crippen LogP) is 4.86. The molecule has 0 radical (unpaired) electrons. The monoisotopic (exact) mass is 541 g/mol. The van der Waals surface area contributed by atoms with E-state index in [2.05, 4.69) is 9.88 Å². The Hall–Kier alpha value is -3.04. The second-order valence-corrected chi connectivity index (χ2v) is 10.9. The lowest BCUT2D eigenvalue weighted by atomic mass is 9.91. The Labute approximate surface area is 225 Å². The van der Waals surface area contributed by atoms with Crippen LogP contribution in [-0.4, -0.2) is 87.3 Å². The number of fused-ring (bicyclic) bond motifs is 1. The summed E-state index contributed by atoms with van der Waals surface area (Å²) >= 11 is 6.00. The quantitative estimate of drug-likeness (QED) is 0.443. The van der Waals surface area contributed by atoms with Gasteiger partial charge in [-0.15, -0.1) is 0 Å². The number of hydrogen-bond acceptors (Lipinski definition) is 4. The van der Waals surface area contributed by atoms with Crippen LogP contribution in [0.5, 0.6) is 0 Å². The minimum Gasteiger partial charge on any atom is -0.337 e. The van der Waals surface area contributed by atoms with E-state index < -0.39 is 5.92 Å². The number of carbonyl (C=O) groups is 2. The Morgan fingerprint density at radius 2 is 1.61 bits per heavy atom. The van der Waals surface area contributed by atoms with Crippen LogP contribution in [0.15, 0.2) is 42.6 Å². The number of hydrogen-bond donors (Lipinski definition) is 0. The smallest absolute Gasteiger partial charge is 0.270 e. The third kappa shape index (κ3) is 4.78. The maximum Gasteiger partial charge on any atom is 0.270 e. The summed E-state index contributed by atoms with van der Waals surface area (Å²) in [4.78, 5) is 37.0. The van der Waals surface area contributed by atoms with Crippen LogP contribution in [0.3, 0.4) is 0 Å². The summed E-state index contributed by atoms with van der Waals surface area (Å²) < 4.78 is 29.3. The van der Waals surface area contributed by atoms with Crippen molar-refractivity contribution in [3.05, 3.63) is 59.0 Å². The maximum atomic E-state index is 13.7. The molecule has 2 saturated heterocycles. The minimum atomic E-state index is -2.75. The molecule has 0 atom stereocenters. The van der Waals surface area contributed by atoms with Gasteiger partial charge in [-0.25, -0.2) is 13.8 Å². The maximum absolute atomic E-state index is 13.7. The van der Waals surface area contributed by atoms with Crippen LogP contribution in [-0.2, 0) is 0 Å². The zero-order valence-electron chi connectivity index (χ0n) is 21.1. The van der Waals surface area contributed by atoms with Crippen LogP contribution < -0.4 is 0 Å². The highest BCUT2D eigenvalue weighted by atomic mass is 35.5. The third-order valence-electron chi connectivity index (χ3n) is 8.21. The van der Waals surface area contributed by atoms with E-state index in [1.54, 1.807) is 35.0 Å². The van der Waals surface area contributed by atoms with Crippen molar-refractivity contribution in [3.63, 3.8) is 0 Å². The van der Waals surface area contributed by atoms with Gasteiger partial charge in [0.25, 0.3) is 17.7 Å². The minimum absolute atomic E-state index is 0.0111. The zero-order valence-corrected chi connectivity index (χ0v) is 21.8. The first-order valence-corrected chi connectivity index (χ1v) is 13.6. The normalized spacial score (nSPS) is 20.5. The molecule has 3 aromatic rings. The Morgan fingerprint density at radius 1 is 0.895 bits per heavy atom. The number of piperazine rings is 1. The molecular weight excluding hydrogens is 512 g/mol. The van der Waals surface area contributed by atoms with Crippen molar-refractivity contribution >= 4 is 34.3 Å². The number of carbonyl (C=O) groups excluding carboxylic acids is 2. The molecule has 4 heterocycles. The van der Waals surface area contributed by atoms with E-state index in [4.69, 9.17) is 11.6 Å². The topological polar surface area (TPSA) is 61.7 Å². The molecule has 1 aromatic carbocycles. The molecule has 200 valence electrons. The highest BCUT2D eigenvalue weighted by Gasteiger charge is 2.37. The van der Waals surface area contributed by atoms with Crippen molar-refractivity contribution in [2.45, 2.75) is 44.1 Å². The van der Waals surface area contributed by atoms with Gasteiger partial charge in [0.1, 0.15) is 10.8 Å². The molecule has 6 rings (SSSR count). The standard InChI is InChI=1S/C28H30ClF2N5O2/c29-25-7-5-22(18-32-25)36-23-6-4-19(26(37)35-14-12-33(13-15-35)21-2-1-3-21)16-20(23)17-24(36)27(38)34-10-8-28(30,31)9-11-34/h4-7,16-18,21H,1-3,8-15H2. The summed E-state index contributed by atoms with van der Waals surface area (Å²) in [5.74, 6) is -3.10. The summed E-state index contributed by atoms with van der Waals surface area (Å²) in [6.07, 6.45) is 4.67. The second kappa shape index (κ2) is 9.93. The van der Waals surface area contributed by atoms with Gasteiger partial charge in [-0.1, -0.05) is 18.0 Å². The molecule has 3 aliphatic rings. The predicted molar refractivity (Wildman–Crippen MR) is 141 cm³/mol. The summed E-state index contributed by atoms with van der Waals surface area (Å²) in [5.41, 5.74) is 2.26. The van der Waals surface area contributed by atoms with Gasteiger partial charge in [0, 0.05) is 69.1 Å². The summed E-state index contributed by atoms with van der Waals surface area (Å²) in [6.45, 7) is 3.17. The SMILES string of the molecule is O=C(c1ccc2c(c1)cc(C(=O)N1CCC(F)(F)CC1)n2-c1ccc(Cl)nc1)N1CCN(C2CCC2)CC1. The number of halogens is 3. The summed E-state index contributed by atoms with van der Waals surface area (Å²) in [7, 11) is 0. The fourth-order valence-electron chi connectivity index (χ4n) is 5.71. The van der Waals surface area contributed by atoms with Crippen LogP contribution >= 0.6 is 11.6 Å². The van der Waals surface area contributed by atoms with E-state index in [0.717, 1.165) is 24.0 Å². The van der Waals surface area contributed by atoms with E-state index in [9.17, 15) is 18.4 Å². The number of likely N-dealkylation sites (tertiary alicyclic amines) is 1. The first kappa shape index (κ1) is 25.2. The van der Waals surface area contributed by atoms with E-state index in [0.29, 0.717) is 41.2 Å². The number of nitrogens with zero attached hydrogens (tertiary/aromatic N) is 5. The van der Waals surface area contributed by atoms with Gasteiger partial charge in [-0.3, -0.25) is 14.5 Å². The number of rotatable bonds is 4. The lowest BCUT2D eigenvalue weighted by Gasteiger charge is -2.42. The van der Waals surface area contributed by atoms with Gasteiger partial charge < -0.3 is 14.4 Å². The Balaban J connectivity index is 1.30. The van der Waals surface area contributed by atoms with Crippen LogP contribution in [0.2, 0.25) is 5.15 Å². The fraction of sp³-hybridized carbons (Fsp3) is 0.464. The van der Waals surface area contributed by atoms with Crippen LogP contribution in [0.4, 0.5) is 8.78 Å². The molecule has 3 fully saturated rings. The fourth-order valence-corrected chi connectivity index (χ4v) is 5.82. The second-order valence-electron chi connectivity index (χ2n) is 10.5. The number of piperidine rings is 1. The molecule has 0 unspecified atom stereocenters. The highest BCUT2D eigenvalue weighted by molar-refractivity contribution is 6.29. The number of benzene rings is 1. The summed E-state index contributed by atoms with van der Waals surface area (Å²) in [5, 5.41) is 1.05. The molecule has 38 heavy (non-hydrogen) atoms. The molecule has 2 aliphatic heterocycles. The Morgan fingerprint density at radius 3 is 2.24 bits per heavy atom. The highest BCUT2D eigenvalue weighted by Crippen LogP contribution is 2.32. The van der Waals surface area contributed by atoms with Crippen LogP contribution in [0, 0.1) is 0 Å². The van der Waals surface area contributed by atoms with Gasteiger partial charge in [-0.05, 0) is 49.2 Å². The van der Waals surface area contributed by atoms with E-state index in [-0.39, 0.29) is 37.7 Å². The third-order valence-corrected chi connectivity index (χ3v) is 8.44. The van der Waals surface area contributed by atoms with E-state index in [1.807, 2.05) is 17.0 Å². The Bertz CT molecular complexity index is 1350. The molecule has 7 nitrogen and oxygen atoms in total. The van der Waals surface area contributed by atoms with Gasteiger partial charge in [-0.2, -0.15) is 0 Å². The van der Waals surface area contributed by atoms with Gasteiger partial charge in [0.05, 0.1) is 17.4 Å². The summed E-state index contributed by atoms with van der Waals surface area (Å²) in [6, 6.07) is 11.3. The lowest BCUT2D eigenvalue weighted by molar-refractivity contribution is -0.0495. The van der Waals surface area contributed by atoms with E-state index >= 15 is 0 Å². The first-order valence-electron chi connectivity index (χ1n) is 13.3. The molecule has 1 aliphatic carbocycles.